The summed E-state index contributed by atoms with van der Waals surface area (Å²) < 4.78 is 3.36. The van der Waals surface area contributed by atoms with Gasteiger partial charge in [-0.1, -0.05) is 6.92 Å². The van der Waals surface area contributed by atoms with Crippen LogP contribution in [0.5, 0.6) is 0 Å². The Morgan fingerprint density at radius 1 is 1.38 bits per heavy atom. The Morgan fingerprint density at radius 3 is 2.71 bits per heavy atom. The van der Waals surface area contributed by atoms with Crippen molar-refractivity contribution in [2.45, 2.75) is 38.8 Å². The highest BCUT2D eigenvalue weighted by Gasteiger charge is 2.48. The molecule has 0 bridgehead atoms. The van der Waals surface area contributed by atoms with Gasteiger partial charge in [-0.15, -0.1) is 0 Å². The molecule has 3 atom stereocenters. The molecule has 0 saturated heterocycles. The molecule has 1 aromatic heterocycles. The van der Waals surface area contributed by atoms with Gasteiger partial charge in [-0.05, 0) is 73.6 Å². The van der Waals surface area contributed by atoms with Crippen molar-refractivity contribution >= 4 is 15.9 Å². The van der Waals surface area contributed by atoms with Gasteiger partial charge in [0.1, 0.15) is 0 Å². The Labute approximate surface area is 136 Å². The molecule has 0 aliphatic heterocycles. The highest BCUT2D eigenvalue weighted by atomic mass is 79.9. The fraction of sp³-hybridized carbons (Fsp3) is 0.812. The maximum Gasteiger partial charge on any atom is 0.0699 e. The van der Waals surface area contributed by atoms with Gasteiger partial charge in [0.25, 0.3) is 0 Å². The van der Waals surface area contributed by atoms with Gasteiger partial charge in [-0.2, -0.15) is 5.10 Å². The standard InChI is InChI=1S/C16H27BrN4/c1-4-18-15(13-8-11-7-12(11)9-13)16-14(17)10-19-21(16)6-5-20(2)3/h10-13,15,18H,4-9H2,1-3H3. The number of likely N-dealkylation sites (N-methyl/N-ethyl adjacent to an activating group) is 1. The second kappa shape index (κ2) is 6.39. The Balaban J connectivity index is 1.79. The van der Waals surface area contributed by atoms with Crippen LogP contribution in [-0.4, -0.2) is 41.9 Å². The zero-order chi connectivity index (χ0) is 15.0. The maximum absolute atomic E-state index is 4.60. The molecule has 0 radical (unpaired) electrons. The maximum atomic E-state index is 4.60. The zero-order valence-corrected chi connectivity index (χ0v) is 14.9. The lowest BCUT2D eigenvalue weighted by Crippen LogP contribution is -2.31. The molecule has 2 aliphatic rings. The van der Waals surface area contributed by atoms with Crippen LogP contribution in [0, 0.1) is 17.8 Å². The topological polar surface area (TPSA) is 33.1 Å². The molecule has 0 amide bonds. The second-order valence-corrected chi connectivity index (χ2v) is 7.78. The molecule has 118 valence electrons. The van der Waals surface area contributed by atoms with Gasteiger partial charge in [0, 0.05) is 6.54 Å². The van der Waals surface area contributed by atoms with Crippen molar-refractivity contribution in [3.8, 4) is 0 Å². The third kappa shape index (κ3) is 3.35. The van der Waals surface area contributed by atoms with E-state index < -0.39 is 0 Å². The monoisotopic (exact) mass is 354 g/mol. The van der Waals surface area contributed by atoms with E-state index in [0.717, 1.165) is 41.9 Å². The van der Waals surface area contributed by atoms with E-state index in [1.165, 1.54) is 25.0 Å². The first-order valence-corrected chi connectivity index (χ1v) is 8.98. The third-order valence-corrected chi connectivity index (χ3v) is 5.67. The summed E-state index contributed by atoms with van der Waals surface area (Å²) in [6.45, 7) is 5.20. The highest BCUT2D eigenvalue weighted by Crippen LogP contribution is 2.57. The number of halogens is 1. The molecule has 2 aliphatic carbocycles. The van der Waals surface area contributed by atoms with Crippen molar-refractivity contribution in [1.29, 1.82) is 0 Å². The highest BCUT2D eigenvalue weighted by molar-refractivity contribution is 9.10. The van der Waals surface area contributed by atoms with E-state index in [2.05, 4.69) is 56.9 Å². The molecule has 5 heteroatoms. The molecule has 3 rings (SSSR count). The van der Waals surface area contributed by atoms with Crippen LogP contribution in [0.3, 0.4) is 0 Å². The van der Waals surface area contributed by atoms with Crippen molar-refractivity contribution in [3.05, 3.63) is 16.4 Å². The molecule has 0 aromatic carbocycles. The van der Waals surface area contributed by atoms with E-state index in [1.807, 2.05) is 6.20 Å². The van der Waals surface area contributed by atoms with E-state index in [0.29, 0.717) is 6.04 Å². The molecule has 2 saturated carbocycles. The summed E-state index contributed by atoms with van der Waals surface area (Å²) in [5.74, 6) is 2.82. The van der Waals surface area contributed by atoms with Gasteiger partial charge in [0.05, 0.1) is 29.0 Å². The Hall–Kier alpha value is -0.390. The van der Waals surface area contributed by atoms with Crippen LogP contribution in [0.2, 0.25) is 0 Å². The SMILES string of the molecule is CCNC(c1c(Br)cnn1CCN(C)C)C1CC2CC2C1. The molecule has 1 aromatic rings. The lowest BCUT2D eigenvalue weighted by molar-refractivity contribution is 0.314. The minimum absolute atomic E-state index is 0.446. The number of fused-ring (bicyclic) bond motifs is 1. The number of aromatic nitrogens is 2. The van der Waals surface area contributed by atoms with Crippen molar-refractivity contribution in [2.75, 3.05) is 27.2 Å². The Bertz CT molecular complexity index is 475. The summed E-state index contributed by atoms with van der Waals surface area (Å²) in [5.41, 5.74) is 1.35. The third-order valence-electron chi connectivity index (χ3n) is 5.06. The van der Waals surface area contributed by atoms with E-state index in [-0.39, 0.29) is 0 Å². The van der Waals surface area contributed by atoms with E-state index in [4.69, 9.17) is 0 Å². The predicted octanol–water partition coefficient (Wildman–Crippen LogP) is 2.90. The molecule has 21 heavy (non-hydrogen) atoms. The summed E-state index contributed by atoms with van der Waals surface area (Å²) in [6.07, 6.45) is 6.24. The number of hydrogen-bond donors (Lipinski definition) is 1. The average molecular weight is 355 g/mol. The predicted molar refractivity (Wildman–Crippen MR) is 89.2 cm³/mol. The summed E-state index contributed by atoms with van der Waals surface area (Å²) in [7, 11) is 4.23. The first-order valence-electron chi connectivity index (χ1n) is 8.19. The second-order valence-electron chi connectivity index (χ2n) is 6.93. The summed E-state index contributed by atoms with van der Waals surface area (Å²) in [5, 5.41) is 8.33. The summed E-state index contributed by atoms with van der Waals surface area (Å²) in [4.78, 5) is 2.21. The number of rotatable bonds is 7. The molecule has 1 N–H and O–H groups in total. The molecular weight excluding hydrogens is 328 g/mol. The molecule has 2 fully saturated rings. The summed E-state index contributed by atoms with van der Waals surface area (Å²) >= 11 is 3.73. The van der Waals surface area contributed by atoms with Gasteiger partial charge in [0.2, 0.25) is 0 Å². The Morgan fingerprint density at radius 2 is 2.10 bits per heavy atom. The first kappa shape index (κ1) is 15.5. The van der Waals surface area contributed by atoms with Crippen LogP contribution in [-0.2, 0) is 6.54 Å². The molecule has 4 nitrogen and oxygen atoms in total. The number of nitrogens with zero attached hydrogens (tertiary/aromatic N) is 3. The smallest absolute Gasteiger partial charge is 0.0699 e. The van der Waals surface area contributed by atoms with Crippen LogP contribution in [0.1, 0.15) is 37.9 Å². The van der Waals surface area contributed by atoms with Gasteiger partial charge >= 0.3 is 0 Å². The molecule has 0 spiro atoms. The summed E-state index contributed by atoms with van der Waals surface area (Å²) in [6, 6.07) is 0.446. The van der Waals surface area contributed by atoms with Crippen LogP contribution < -0.4 is 5.32 Å². The lowest BCUT2D eigenvalue weighted by Gasteiger charge is -2.27. The minimum Gasteiger partial charge on any atom is -0.309 e. The van der Waals surface area contributed by atoms with Gasteiger partial charge in [-0.3, -0.25) is 4.68 Å². The van der Waals surface area contributed by atoms with Crippen LogP contribution in [0.25, 0.3) is 0 Å². The van der Waals surface area contributed by atoms with E-state index in [1.54, 1.807) is 0 Å². The molecule has 3 unspecified atom stereocenters. The van der Waals surface area contributed by atoms with Crippen LogP contribution >= 0.6 is 15.9 Å². The zero-order valence-electron chi connectivity index (χ0n) is 13.3. The normalized spacial score (nSPS) is 28.9. The van der Waals surface area contributed by atoms with Crippen molar-refractivity contribution in [3.63, 3.8) is 0 Å². The van der Waals surface area contributed by atoms with Crippen LogP contribution in [0.4, 0.5) is 0 Å². The van der Waals surface area contributed by atoms with Crippen molar-refractivity contribution in [2.24, 2.45) is 17.8 Å². The minimum atomic E-state index is 0.446. The number of nitrogens with one attached hydrogen (secondary N) is 1. The fourth-order valence-electron chi connectivity index (χ4n) is 3.89. The lowest BCUT2D eigenvalue weighted by atomic mass is 9.92. The number of hydrogen-bond acceptors (Lipinski definition) is 3. The van der Waals surface area contributed by atoms with Crippen molar-refractivity contribution < 1.29 is 0 Å². The van der Waals surface area contributed by atoms with Gasteiger partial charge in [-0.25, -0.2) is 0 Å². The average Bonchev–Trinajstić information content (AvgIpc) is 2.89. The van der Waals surface area contributed by atoms with Crippen LogP contribution in [0.15, 0.2) is 10.7 Å². The van der Waals surface area contributed by atoms with Gasteiger partial charge in [0.15, 0.2) is 0 Å². The fourth-order valence-corrected chi connectivity index (χ4v) is 4.44. The van der Waals surface area contributed by atoms with E-state index in [9.17, 15) is 0 Å². The van der Waals surface area contributed by atoms with E-state index >= 15 is 0 Å². The quantitative estimate of drug-likeness (QED) is 0.817. The molecular formula is C16H27BrN4. The van der Waals surface area contributed by atoms with Crippen molar-refractivity contribution in [1.82, 2.24) is 20.0 Å². The van der Waals surface area contributed by atoms with Gasteiger partial charge < -0.3 is 10.2 Å². The first-order chi connectivity index (χ1) is 10.1. The molecule has 1 heterocycles. The largest absolute Gasteiger partial charge is 0.309 e. The Kier molecular flexibility index (Phi) is 4.71.